The molecule has 0 unspecified atom stereocenters. The third-order valence-corrected chi connectivity index (χ3v) is 2.19. The largest absolute Gasteiger partial charge is 0.399 e. The smallest absolute Gasteiger partial charge is 0.228 e. The van der Waals surface area contributed by atoms with Crippen LogP contribution in [0.25, 0.3) is 0 Å². The fourth-order valence-electron chi connectivity index (χ4n) is 1.39. The summed E-state index contributed by atoms with van der Waals surface area (Å²) in [5.41, 5.74) is 7.75. The lowest BCUT2D eigenvalue weighted by atomic mass is 10.1. The molecule has 2 aromatic rings. The molecule has 0 aliphatic heterocycles. The average Bonchev–Trinajstić information content (AvgIpc) is 2.33. The quantitative estimate of drug-likeness (QED) is 0.774. The second-order valence-electron chi connectivity index (χ2n) is 3.59. The lowest BCUT2D eigenvalue weighted by Crippen LogP contribution is -2.14. The van der Waals surface area contributed by atoms with Gasteiger partial charge >= 0.3 is 0 Å². The Hall–Kier alpha value is -2.43. The van der Waals surface area contributed by atoms with Gasteiger partial charge in [0.2, 0.25) is 5.91 Å². The fraction of sp³-hybridized carbons (Fsp3) is 0.0833. The predicted octanol–water partition coefficient (Wildman–Crippen LogP) is 1.24. The summed E-state index contributed by atoms with van der Waals surface area (Å²) < 4.78 is 0. The molecule has 2 rings (SSSR count). The van der Waals surface area contributed by atoms with E-state index < -0.39 is 0 Å². The van der Waals surface area contributed by atoms with E-state index in [1.54, 1.807) is 24.5 Å². The molecule has 0 bridgehead atoms. The molecule has 0 fully saturated rings. The number of carbonyl (C=O) groups is 1. The summed E-state index contributed by atoms with van der Waals surface area (Å²) in [6.07, 6.45) is 4.81. The third-order valence-electron chi connectivity index (χ3n) is 2.19. The van der Waals surface area contributed by atoms with Crippen molar-refractivity contribution in [2.75, 3.05) is 11.1 Å². The van der Waals surface area contributed by atoms with Gasteiger partial charge in [-0.15, -0.1) is 0 Å². The van der Waals surface area contributed by atoms with Gasteiger partial charge in [-0.3, -0.25) is 4.79 Å². The lowest BCUT2D eigenvalue weighted by molar-refractivity contribution is -0.115. The molecule has 1 aromatic carbocycles. The highest BCUT2D eigenvalue weighted by Gasteiger charge is 2.03. The summed E-state index contributed by atoms with van der Waals surface area (Å²) in [5, 5.41) is 2.71. The van der Waals surface area contributed by atoms with Crippen LogP contribution in [-0.2, 0) is 11.2 Å². The van der Waals surface area contributed by atoms with Crippen molar-refractivity contribution in [3.63, 3.8) is 0 Å². The van der Waals surface area contributed by atoms with Gasteiger partial charge in [0.15, 0.2) is 0 Å². The molecule has 86 valence electrons. The monoisotopic (exact) mass is 228 g/mol. The number of anilines is 2. The molecular weight excluding hydrogens is 216 g/mol. The standard InChI is InChI=1S/C12H12N4O/c13-10-3-1-9(2-4-10)5-12(17)16-11-6-14-8-15-7-11/h1-4,6-8H,5,13H2,(H,16,17). The fourth-order valence-corrected chi connectivity index (χ4v) is 1.39. The van der Waals surface area contributed by atoms with Crippen molar-refractivity contribution >= 4 is 17.3 Å². The van der Waals surface area contributed by atoms with E-state index in [1.807, 2.05) is 12.1 Å². The maximum Gasteiger partial charge on any atom is 0.228 e. The molecule has 1 aromatic heterocycles. The molecule has 0 aliphatic rings. The van der Waals surface area contributed by atoms with Crippen LogP contribution in [0.15, 0.2) is 43.0 Å². The van der Waals surface area contributed by atoms with Crippen LogP contribution in [0.3, 0.4) is 0 Å². The van der Waals surface area contributed by atoms with E-state index in [9.17, 15) is 4.79 Å². The van der Waals surface area contributed by atoms with Crippen LogP contribution in [-0.4, -0.2) is 15.9 Å². The number of benzene rings is 1. The van der Waals surface area contributed by atoms with Gasteiger partial charge in [-0.25, -0.2) is 9.97 Å². The SMILES string of the molecule is Nc1ccc(CC(=O)Nc2cncnc2)cc1. The Morgan fingerprint density at radius 2 is 1.82 bits per heavy atom. The Bertz CT molecular complexity index is 496. The van der Waals surface area contributed by atoms with E-state index >= 15 is 0 Å². The second kappa shape index (κ2) is 5.07. The average molecular weight is 228 g/mol. The van der Waals surface area contributed by atoms with E-state index in [1.165, 1.54) is 6.33 Å². The number of nitrogens with two attached hydrogens (primary N) is 1. The first-order chi connectivity index (χ1) is 8.24. The van der Waals surface area contributed by atoms with E-state index in [0.29, 0.717) is 17.8 Å². The molecule has 17 heavy (non-hydrogen) atoms. The Labute approximate surface area is 98.7 Å². The summed E-state index contributed by atoms with van der Waals surface area (Å²) in [4.78, 5) is 19.3. The number of nitrogens with one attached hydrogen (secondary N) is 1. The Morgan fingerprint density at radius 3 is 2.47 bits per heavy atom. The van der Waals surface area contributed by atoms with Gasteiger partial charge in [0, 0.05) is 5.69 Å². The summed E-state index contributed by atoms with van der Waals surface area (Å²) >= 11 is 0. The maximum atomic E-state index is 11.7. The topological polar surface area (TPSA) is 80.9 Å². The summed E-state index contributed by atoms with van der Waals surface area (Å²) in [7, 11) is 0. The van der Waals surface area contributed by atoms with Crippen molar-refractivity contribution in [2.45, 2.75) is 6.42 Å². The molecule has 1 heterocycles. The third kappa shape index (κ3) is 3.27. The zero-order valence-corrected chi connectivity index (χ0v) is 9.13. The molecule has 0 spiro atoms. The minimum Gasteiger partial charge on any atom is -0.399 e. The zero-order chi connectivity index (χ0) is 12.1. The van der Waals surface area contributed by atoms with E-state index in [0.717, 1.165) is 5.56 Å². The van der Waals surface area contributed by atoms with Crippen molar-refractivity contribution < 1.29 is 4.79 Å². The van der Waals surface area contributed by atoms with Crippen LogP contribution in [0.4, 0.5) is 11.4 Å². The maximum absolute atomic E-state index is 11.7. The Morgan fingerprint density at radius 1 is 1.18 bits per heavy atom. The molecule has 0 radical (unpaired) electrons. The zero-order valence-electron chi connectivity index (χ0n) is 9.13. The van der Waals surface area contributed by atoms with Crippen molar-refractivity contribution in [1.29, 1.82) is 0 Å². The second-order valence-corrected chi connectivity index (χ2v) is 3.59. The number of hydrogen-bond acceptors (Lipinski definition) is 4. The van der Waals surface area contributed by atoms with Crippen molar-refractivity contribution in [3.05, 3.63) is 48.5 Å². The van der Waals surface area contributed by atoms with Crippen LogP contribution in [0.5, 0.6) is 0 Å². The number of nitrogen functional groups attached to an aromatic ring is 1. The van der Waals surface area contributed by atoms with Gasteiger partial charge in [0.05, 0.1) is 24.5 Å². The normalized spacial score (nSPS) is 9.88. The highest BCUT2D eigenvalue weighted by molar-refractivity contribution is 5.91. The van der Waals surface area contributed by atoms with Gasteiger partial charge in [0.25, 0.3) is 0 Å². The van der Waals surface area contributed by atoms with Crippen LogP contribution < -0.4 is 11.1 Å². The van der Waals surface area contributed by atoms with E-state index in [2.05, 4.69) is 15.3 Å². The number of nitrogens with zero attached hydrogens (tertiary/aromatic N) is 2. The minimum atomic E-state index is -0.107. The van der Waals surface area contributed by atoms with Gasteiger partial charge < -0.3 is 11.1 Å². The Kier molecular flexibility index (Phi) is 3.30. The van der Waals surface area contributed by atoms with E-state index in [-0.39, 0.29) is 5.91 Å². The highest BCUT2D eigenvalue weighted by Crippen LogP contribution is 2.07. The van der Waals surface area contributed by atoms with Crippen LogP contribution in [0, 0.1) is 0 Å². The van der Waals surface area contributed by atoms with Crippen LogP contribution >= 0.6 is 0 Å². The molecule has 0 atom stereocenters. The van der Waals surface area contributed by atoms with Gasteiger partial charge in [-0.05, 0) is 17.7 Å². The molecule has 0 saturated carbocycles. The van der Waals surface area contributed by atoms with Crippen LogP contribution in [0.1, 0.15) is 5.56 Å². The first-order valence-electron chi connectivity index (χ1n) is 5.13. The van der Waals surface area contributed by atoms with Crippen LogP contribution in [0.2, 0.25) is 0 Å². The molecule has 0 saturated heterocycles. The number of carbonyl (C=O) groups excluding carboxylic acids is 1. The first-order valence-corrected chi connectivity index (χ1v) is 5.13. The molecule has 0 aliphatic carbocycles. The minimum absolute atomic E-state index is 0.107. The molecule has 3 N–H and O–H groups in total. The number of aromatic nitrogens is 2. The van der Waals surface area contributed by atoms with Crippen molar-refractivity contribution in [2.24, 2.45) is 0 Å². The molecular formula is C12H12N4O. The van der Waals surface area contributed by atoms with Gasteiger partial charge in [-0.1, -0.05) is 12.1 Å². The summed E-state index contributed by atoms with van der Waals surface area (Å²) in [6.45, 7) is 0. The van der Waals surface area contributed by atoms with Crippen molar-refractivity contribution in [3.8, 4) is 0 Å². The molecule has 5 heteroatoms. The Balaban J connectivity index is 1.96. The molecule has 1 amide bonds. The van der Waals surface area contributed by atoms with Gasteiger partial charge in [-0.2, -0.15) is 0 Å². The van der Waals surface area contributed by atoms with Gasteiger partial charge in [0.1, 0.15) is 6.33 Å². The predicted molar refractivity (Wildman–Crippen MR) is 65.2 cm³/mol. The molecule has 5 nitrogen and oxygen atoms in total. The highest BCUT2D eigenvalue weighted by atomic mass is 16.1. The van der Waals surface area contributed by atoms with E-state index in [4.69, 9.17) is 5.73 Å². The summed E-state index contributed by atoms with van der Waals surface area (Å²) in [6, 6.07) is 7.20. The number of hydrogen-bond donors (Lipinski definition) is 2. The number of amides is 1. The van der Waals surface area contributed by atoms with Crippen molar-refractivity contribution in [1.82, 2.24) is 9.97 Å². The lowest BCUT2D eigenvalue weighted by Gasteiger charge is -2.04. The first kappa shape index (κ1) is 11.1. The number of rotatable bonds is 3. The summed E-state index contributed by atoms with van der Waals surface area (Å²) in [5.74, 6) is -0.107.